The van der Waals surface area contributed by atoms with Crippen LogP contribution in [0.1, 0.15) is 32.6 Å². The first-order chi connectivity index (χ1) is 16.9. The van der Waals surface area contributed by atoms with Gasteiger partial charge in [-0.2, -0.15) is 0 Å². The number of aromatic nitrogens is 2. The Labute approximate surface area is 215 Å². The Kier molecular flexibility index (Phi) is 8.94. The number of piperazine rings is 2. The van der Waals surface area contributed by atoms with Gasteiger partial charge in [0, 0.05) is 64.3 Å². The third-order valence-electron chi connectivity index (χ3n) is 6.76. The van der Waals surface area contributed by atoms with Gasteiger partial charge in [0.2, 0.25) is 11.8 Å². The Hall–Kier alpha value is -2.27. The van der Waals surface area contributed by atoms with Crippen LogP contribution >= 0.6 is 23.4 Å². The molecule has 0 N–H and O–H groups in total. The van der Waals surface area contributed by atoms with E-state index < -0.39 is 0 Å². The largest absolute Gasteiger partial charge is 0.450 e. The van der Waals surface area contributed by atoms with Crippen molar-refractivity contribution in [1.29, 1.82) is 0 Å². The molecule has 0 bridgehead atoms. The molecular weight excluding hydrogens is 492 g/mol. The van der Waals surface area contributed by atoms with E-state index in [4.69, 9.17) is 16.3 Å². The predicted octanol–water partition coefficient (Wildman–Crippen LogP) is 2.36. The highest BCUT2D eigenvalue weighted by Gasteiger charge is 2.30. The summed E-state index contributed by atoms with van der Waals surface area (Å²) in [6, 6.07) is 1.73. The van der Waals surface area contributed by atoms with E-state index in [1.54, 1.807) is 22.8 Å². The second kappa shape index (κ2) is 12.1. The summed E-state index contributed by atoms with van der Waals surface area (Å²) in [5, 5.41) is 0.785. The summed E-state index contributed by atoms with van der Waals surface area (Å²) < 4.78 is 5.02. The van der Waals surface area contributed by atoms with Crippen molar-refractivity contribution in [2.45, 2.75) is 37.8 Å². The Morgan fingerprint density at radius 3 is 2.26 bits per heavy atom. The summed E-state index contributed by atoms with van der Waals surface area (Å²) in [5.41, 5.74) is 0. The average Bonchev–Trinajstić information content (AvgIpc) is 3.42. The first-order valence-electron chi connectivity index (χ1n) is 12.3. The van der Waals surface area contributed by atoms with Crippen LogP contribution in [-0.4, -0.2) is 107 Å². The molecule has 0 spiro atoms. The second-order valence-corrected chi connectivity index (χ2v) is 10.3. The van der Waals surface area contributed by atoms with E-state index in [0.29, 0.717) is 75.2 Å². The van der Waals surface area contributed by atoms with Crippen LogP contribution in [0, 0.1) is 5.92 Å². The van der Waals surface area contributed by atoms with Crippen molar-refractivity contribution in [3.05, 3.63) is 11.2 Å². The van der Waals surface area contributed by atoms with E-state index in [9.17, 15) is 14.4 Å². The van der Waals surface area contributed by atoms with Gasteiger partial charge in [-0.1, -0.05) is 36.2 Å². The maximum absolute atomic E-state index is 12.7. The van der Waals surface area contributed by atoms with Crippen molar-refractivity contribution < 1.29 is 19.1 Å². The number of carbonyl (C=O) groups is 3. The lowest BCUT2D eigenvalue weighted by molar-refractivity contribution is -0.135. The van der Waals surface area contributed by atoms with Gasteiger partial charge in [-0.3, -0.25) is 9.59 Å². The summed E-state index contributed by atoms with van der Waals surface area (Å²) in [4.78, 5) is 53.6. The number of thioether (sulfide) groups is 1. The van der Waals surface area contributed by atoms with Crippen molar-refractivity contribution in [2.75, 3.05) is 69.6 Å². The van der Waals surface area contributed by atoms with E-state index >= 15 is 0 Å². The number of hydrogen-bond acceptors (Lipinski definition) is 8. The number of anilines is 1. The van der Waals surface area contributed by atoms with Crippen LogP contribution in [0.25, 0.3) is 0 Å². The fourth-order valence-corrected chi connectivity index (χ4v) is 5.75. The van der Waals surface area contributed by atoms with Crippen molar-refractivity contribution in [3.8, 4) is 0 Å². The molecule has 1 aromatic heterocycles. The molecule has 4 rings (SSSR count). The van der Waals surface area contributed by atoms with Gasteiger partial charge in [0.1, 0.15) is 11.0 Å². The minimum atomic E-state index is -0.336. The lowest BCUT2D eigenvalue weighted by Crippen LogP contribution is -2.51. The molecule has 3 fully saturated rings. The number of carbonyl (C=O) groups excluding carboxylic acids is 3. The van der Waals surface area contributed by atoms with Gasteiger partial charge < -0.3 is 24.3 Å². The SMILES string of the molecule is CCOC(=O)N1CCN(C(=O)CSc2nc(Cl)cc(N3CCN(C(=O)C4CCCC4)CC3)n2)CC1. The lowest BCUT2D eigenvalue weighted by Gasteiger charge is -2.36. The molecule has 0 unspecified atom stereocenters. The third-order valence-corrected chi connectivity index (χ3v) is 7.79. The van der Waals surface area contributed by atoms with Gasteiger partial charge in [0.15, 0.2) is 5.16 Å². The number of nitrogens with zero attached hydrogens (tertiary/aromatic N) is 6. The van der Waals surface area contributed by atoms with E-state index in [-0.39, 0.29) is 23.7 Å². The topological polar surface area (TPSA) is 99.2 Å². The van der Waals surface area contributed by atoms with Gasteiger partial charge in [-0.25, -0.2) is 14.8 Å². The third kappa shape index (κ3) is 6.69. The van der Waals surface area contributed by atoms with Crippen LogP contribution in [0.5, 0.6) is 0 Å². The predicted molar refractivity (Wildman–Crippen MR) is 134 cm³/mol. The van der Waals surface area contributed by atoms with E-state index in [2.05, 4.69) is 14.9 Å². The molecule has 192 valence electrons. The Balaban J connectivity index is 1.26. The first kappa shape index (κ1) is 25.8. The van der Waals surface area contributed by atoms with Crippen molar-refractivity contribution in [1.82, 2.24) is 24.7 Å². The maximum atomic E-state index is 12.7. The molecule has 2 aliphatic heterocycles. The molecule has 12 heteroatoms. The Morgan fingerprint density at radius 1 is 0.971 bits per heavy atom. The monoisotopic (exact) mass is 524 g/mol. The highest BCUT2D eigenvalue weighted by atomic mass is 35.5. The molecule has 35 heavy (non-hydrogen) atoms. The number of amides is 3. The van der Waals surface area contributed by atoms with Gasteiger partial charge in [0.25, 0.3) is 0 Å². The van der Waals surface area contributed by atoms with E-state index in [0.717, 1.165) is 31.5 Å². The number of ether oxygens (including phenoxy) is 1. The molecular formula is C23H33ClN6O4S. The number of rotatable bonds is 6. The van der Waals surface area contributed by atoms with E-state index in [1.165, 1.54) is 11.8 Å². The summed E-state index contributed by atoms with van der Waals surface area (Å²) in [6.45, 7) is 6.73. The highest BCUT2D eigenvalue weighted by Crippen LogP contribution is 2.28. The molecule has 1 saturated carbocycles. The van der Waals surface area contributed by atoms with Gasteiger partial charge in [-0.05, 0) is 19.8 Å². The highest BCUT2D eigenvalue weighted by molar-refractivity contribution is 7.99. The molecule has 3 heterocycles. The van der Waals surface area contributed by atoms with Crippen molar-refractivity contribution >= 4 is 47.1 Å². The molecule has 3 aliphatic rings. The summed E-state index contributed by atoms with van der Waals surface area (Å²) in [7, 11) is 0. The standard InChI is InChI=1S/C23H33ClN6O4S/c1-2-34-23(33)30-13-9-28(10-14-30)20(31)16-35-22-25-18(24)15-19(26-22)27-7-11-29(12-8-27)21(32)17-5-3-4-6-17/h15,17H,2-14,16H2,1H3. The number of halogens is 1. The van der Waals surface area contributed by atoms with Crippen LogP contribution in [0.2, 0.25) is 5.15 Å². The summed E-state index contributed by atoms with van der Waals surface area (Å²) in [6.07, 6.45) is 4.00. The fraction of sp³-hybridized carbons (Fsp3) is 0.696. The Morgan fingerprint density at radius 2 is 1.60 bits per heavy atom. The molecule has 3 amide bonds. The molecule has 0 radical (unpaired) electrons. The summed E-state index contributed by atoms with van der Waals surface area (Å²) >= 11 is 7.53. The van der Waals surface area contributed by atoms with Gasteiger partial charge in [0.05, 0.1) is 12.4 Å². The Bertz CT molecular complexity index is 915. The zero-order valence-electron chi connectivity index (χ0n) is 20.2. The smallest absolute Gasteiger partial charge is 0.409 e. The van der Waals surface area contributed by atoms with Crippen LogP contribution in [0.3, 0.4) is 0 Å². The molecule has 2 saturated heterocycles. The van der Waals surface area contributed by atoms with Crippen molar-refractivity contribution in [3.63, 3.8) is 0 Å². The summed E-state index contributed by atoms with van der Waals surface area (Å²) in [5.74, 6) is 1.38. The molecule has 0 aromatic carbocycles. The fourth-order valence-electron chi connectivity index (χ4n) is 4.77. The molecule has 0 atom stereocenters. The van der Waals surface area contributed by atoms with E-state index in [1.807, 2.05) is 4.90 Å². The zero-order valence-corrected chi connectivity index (χ0v) is 21.7. The lowest BCUT2D eigenvalue weighted by atomic mass is 10.1. The zero-order chi connectivity index (χ0) is 24.8. The minimum Gasteiger partial charge on any atom is -0.450 e. The molecule has 1 aromatic rings. The maximum Gasteiger partial charge on any atom is 0.409 e. The van der Waals surface area contributed by atoms with Gasteiger partial charge >= 0.3 is 6.09 Å². The quantitative estimate of drug-likeness (QED) is 0.318. The van der Waals surface area contributed by atoms with Crippen LogP contribution in [0.15, 0.2) is 11.2 Å². The molecule has 10 nitrogen and oxygen atoms in total. The van der Waals surface area contributed by atoms with Gasteiger partial charge in [-0.15, -0.1) is 0 Å². The van der Waals surface area contributed by atoms with Crippen LogP contribution in [-0.2, 0) is 14.3 Å². The number of hydrogen-bond donors (Lipinski definition) is 0. The first-order valence-corrected chi connectivity index (χ1v) is 13.7. The van der Waals surface area contributed by atoms with Crippen LogP contribution in [0.4, 0.5) is 10.6 Å². The minimum absolute atomic E-state index is 0.0253. The second-order valence-electron chi connectivity index (χ2n) is 8.98. The van der Waals surface area contributed by atoms with Crippen LogP contribution < -0.4 is 4.90 Å². The average molecular weight is 525 g/mol. The normalized spacial score (nSPS) is 19.3. The van der Waals surface area contributed by atoms with Crippen molar-refractivity contribution in [2.24, 2.45) is 5.92 Å². The molecule has 1 aliphatic carbocycles.